The highest BCUT2D eigenvalue weighted by Gasteiger charge is 2.25. The molecule has 2 atom stereocenters. The molecule has 39 heavy (non-hydrogen) atoms. The first-order valence-electron chi connectivity index (χ1n) is 12.6. The van der Waals surface area contributed by atoms with Crippen molar-refractivity contribution in [3.8, 4) is 5.75 Å². The molecule has 5 rings (SSSR count). The minimum atomic E-state index is -3.99. The van der Waals surface area contributed by atoms with Gasteiger partial charge in [0.05, 0.1) is 23.0 Å². The molecule has 204 valence electrons. The Balaban J connectivity index is 1.37. The van der Waals surface area contributed by atoms with Gasteiger partial charge >= 0.3 is 5.97 Å². The average molecular weight is 568 g/mol. The van der Waals surface area contributed by atoms with E-state index in [2.05, 4.69) is 21.6 Å². The van der Waals surface area contributed by atoms with E-state index in [-0.39, 0.29) is 21.8 Å². The van der Waals surface area contributed by atoms with Gasteiger partial charge in [-0.2, -0.15) is 0 Å². The lowest BCUT2D eigenvalue weighted by Crippen LogP contribution is -2.19. The number of sulfonamides is 1. The second kappa shape index (κ2) is 10.5. The molecular weight excluding hydrogens is 538 g/mol. The molecule has 0 aliphatic heterocycles. The summed E-state index contributed by atoms with van der Waals surface area (Å²) in [6.07, 6.45) is 1.97. The van der Waals surface area contributed by atoms with Gasteiger partial charge < -0.3 is 14.5 Å². The Morgan fingerprint density at radius 1 is 1.21 bits per heavy atom. The number of esters is 1. The van der Waals surface area contributed by atoms with Crippen LogP contribution in [0.3, 0.4) is 0 Å². The Labute approximate surface area is 230 Å². The lowest BCUT2D eigenvalue weighted by atomic mass is 9.89. The van der Waals surface area contributed by atoms with Crippen molar-refractivity contribution < 1.29 is 22.7 Å². The van der Waals surface area contributed by atoms with Crippen molar-refractivity contribution in [3.63, 3.8) is 0 Å². The van der Waals surface area contributed by atoms with E-state index in [1.54, 1.807) is 44.2 Å². The minimum absolute atomic E-state index is 0.0493. The van der Waals surface area contributed by atoms with E-state index < -0.39 is 22.1 Å². The SMILES string of the molecule is COc1ccc(NS(=O)(=O)c2cc(C(=O)O[C@H](C)c3nc4sc5c(c4c(=O)[nH]3)CC[C@@H](C)C5)ccc2C)cc1. The maximum atomic E-state index is 13.1. The molecule has 0 unspecified atom stereocenters. The molecule has 9 nitrogen and oxygen atoms in total. The highest BCUT2D eigenvalue weighted by atomic mass is 32.2. The van der Waals surface area contributed by atoms with Crippen molar-refractivity contribution in [1.29, 1.82) is 0 Å². The smallest absolute Gasteiger partial charge is 0.338 e. The van der Waals surface area contributed by atoms with Crippen molar-refractivity contribution in [2.45, 2.75) is 51.0 Å². The Kier molecular flexibility index (Phi) is 7.21. The fourth-order valence-corrected chi connectivity index (χ4v) is 7.45. The topological polar surface area (TPSA) is 127 Å². The second-order valence-electron chi connectivity index (χ2n) is 9.84. The zero-order valence-corrected chi connectivity index (χ0v) is 23.7. The van der Waals surface area contributed by atoms with Crippen LogP contribution in [0.15, 0.2) is 52.2 Å². The van der Waals surface area contributed by atoms with E-state index in [1.807, 2.05) is 0 Å². The third-order valence-corrected chi connectivity index (χ3v) is 9.58. The van der Waals surface area contributed by atoms with Crippen molar-refractivity contribution in [3.05, 3.63) is 80.2 Å². The van der Waals surface area contributed by atoms with E-state index in [9.17, 15) is 18.0 Å². The molecule has 4 aromatic rings. The second-order valence-corrected chi connectivity index (χ2v) is 12.6. The molecule has 0 radical (unpaired) electrons. The van der Waals surface area contributed by atoms with Crippen molar-refractivity contribution in [2.24, 2.45) is 5.92 Å². The molecular formula is C28H29N3O6S2. The fourth-order valence-electron chi connectivity index (χ4n) is 4.73. The van der Waals surface area contributed by atoms with Crippen LogP contribution in [-0.2, 0) is 27.6 Å². The van der Waals surface area contributed by atoms with Gasteiger partial charge in [-0.15, -0.1) is 11.3 Å². The van der Waals surface area contributed by atoms with Crippen LogP contribution >= 0.6 is 11.3 Å². The summed E-state index contributed by atoms with van der Waals surface area (Å²) in [4.78, 5) is 35.1. The molecule has 1 aliphatic carbocycles. The number of hydrogen-bond acceptors (Lipinski definition) is 8. The summed E-state index contributed by atoms with van der Waals surface area (Å²) >= 11 is 1.52. The van der Waals surface area contributed by atoms with Crippen LogP contribution in [0, 0.1) is 12.8 Å². The molecule has 2 aromatic carbocycles. The number of aryl methyl sites for hydroxylation is 2. The van der Waals surface area contributed by atoms with E-state index in [1.165, 1.54) is 35.5 Å². The van der Waals surface area contributed by atoms with E-state index in [4.69, 9.17) is 9.47 Å². The zero-order chi connectivity index (χ0) is 27.9. The van der Waals surface area contributed by atoms with E-state index in [0.717, 1.165) is 24.8 Å². The van der Waals surface area contributed by atoms with Crippen molar-refractivity contribution in [2.75, 3.05) is 11.8 Å². The molecule has 11 heteroatoms. The van der Waals surface area contributed by atoms with Gasteiger partial charge in [0.15, 0.2) is 11.9 Å². The van der Waals surface area contributed by atoms with Crippen LogP contribution in [0.1, 0.15) is 58.6 Å². The highest BCUT2D eigenvalue weighted by Crippen LogP contribution is 2.36. The molecule has 0 saturated carbocycles. The molecule has 0 saturated heterocycles. The largest absolute Gasteiger partial charge is 0.497 e. The number of H-pyrrole nitrogens is 1. The lowest BCUT2D eigenvalue weighted by Gasteiger charge is -2.17. The Morgan fingerprint density at radius 2 is 1.95 bits per heavy atom. The van der Waals surface area contributed by atoms with Crippen LogP contribution in [0.5, 0.6) is 5.75 Å². The number of rotatable bonds is 7. The summed E-state index contributed by atoms with van der Waals surface area (Å²) in [5, 5.41) is 0.627. The monoisotopic (exact) mass is 567 g/mol. The molecule has 0 fully saturated rings. The van der Waals surface area contributed by atoms with Gasteiger partial charge in [-0.1, -0.05) is 13.0 Å². The van der Waals surface area contributed by atoms with Crippen LogP contribution < -0.4 is 15.0 Å². The van der Waals surface area contributed by atoms with Crippen LogP contribution in [0.4, 0.5) is 5.69 Å². The number of benzene rings is 2. The Bertz CT molecular complexity index is 1720. The van der Waals surface area contributed by atoms with Gasteiger partial charge in [-0.3, -0.25) is 9.52 Å². The number of hydrogen-bond donors (Lipinski definition) is 2. The summed E-state index contributed by atoms with van der Waals surface area (Å²) in [6, 6.07) is 10.8. The van der Waals surface area contributed by atoms with E-state index >= 15 is 0 Å². The number of thiophene rings is 1. The van der Waals surface area contributed by atoms with E-state index in [0.29, 0.717) is 33.1 Å². The van der Waals surface area contributed by atoms with Crippen molar-refractivity contribution in [1.82, 2.24) is 9.97 Å². The summed E-state index contributed by atoms with van der Waals surface area (Å²) in [5.41, 5.74) is 1.72. The first-order valence-corrected chi connectivity index (χ1v) is 14.9. The van der Waals surface area contributed by atoms with Gasteiger partial charge in [0.25, 0.3) is 15.6 Å². The number of aromatic nitrogens is 2. The average Bonchev–Trinajstić information content (AvgIpc) is 3.26. The lowest BCUT2D eigenvalue weighted by molar-refractivity contribution is 0.0319. The molecule has 2 aromatic heterocycles. The summed E-state index contributed by atoms with van der Waals surface area (Å²) in [6.45, 7) is 5.47. The third-order valence-electron chi connectivity index (χ3n) is 6.91. The quantitative estimate of drug-likeness (QED) is 0.296. The van der Waals surface area contributed by atoms with Gasteiger partial charge in [0, 0.05) is 10.6 Å². The first-order chi connectivity index (χ1) is 18.6. The predicted molar refractivity (Wildman–Crippen MR) is 150 cm³/mol. The Hall–Kier alpha value is -3.70. The molecule has 0 spiro atoms. The number of fused-ring (bicyclic) bond motifs is 3. The maximum absolute atomic E-state index is 13.1. The van der Waals surface area contributed by atoms with Crippen LogP contribution in [0.25, 0.3) is 10.2 Å². The standard InChI is InChI=1S/C28H29N3O6S2/c1-15-5-12-21-22(13-15)38-27-24(21)26(32)29-25(30-27)17(3)37-28(33)18-7-6-16(2)23(14-18)39(34,35)31-19-8-10-20(36-4)11-9-19/h6-11,14-15,17,31H,5,12-13H2,1-4H3,(H,29,30,32)/t15-,17-/m1/s1. The zero-order valence-electron chi connectivity index (χ0n) is 22.0. The van der Waals surface area contributed by atoms with Gasteiger partial charge in [0.1, 0.15) is 10.6 Å². The normalized spacial score (nSPS) is 15.9. The van der Waals surface area contributed by atoms with Crippen LogP contribution in [0.2, 0.25) is 0 Å². The molecule has 2 heterocycles. The number of nitrogens with zero attached hydrogens (tertiary/aromatic N) is 1. The number of carbonyl (C=O) groups is 1. The number of ether oxygens (including phenoxy) is 2. The van der Waals surface area contributed by atoms with Crippen LogP contribution in [-0.4, -0.2) is 31.5 Å². The molecule has 0 bridgehead atoms. The number of anilines is 1. The van der Waals surface area contributed by atoms with Gasteiger partial charge in [-0.05, 0) is 86.6 Å². The first kappa shape index (κ1) is 26.9. The molecule has 2 N–H and O–H groups in total. The Morgan fingerprint density at radius 3 is 2.67 bits per heavy atom. The number of nitrogens with one attached hydrogen (secondary N) is 2. The van der Waals surface area contributed by atoms with Crippen molar-refractivity contribution >= 4 is 43.2 Å². The number of methoxy groups -OCH3 is 1. The molecule has 1 aliphatic rings. The third kappa shape index (κ3) is 5.41. The fraction of sp³-hybridized carbons (Fsp3) is 0.321. The number of carbonyl (C=O) groups excluding carboxylic acids is 1. The maximum Gasteiger partial charge on any atom is 0.338 e. The number of aromatic amines is 1. The predicted octanol–water partition coefficient (Wildman–Crippen LogP) is 5.15. The summed E-state index contributed by atoms with van der Waals surface area (Å²) in [5.74, 6) is 0.675. The minimum Gasteiger partial charge on any atom is -0.497 e. The summed E-state index contributed by atoms with van der Waals surface area (Å²) in [7, 11) is -2.47. The van der Waals surface area contributed by atoms with Gasteiger partial charge in [-0.25, -0.2) is 18.2 Å². The molecule has 0 amide bonds. The van der Waals surface area contributed by atoms with Gasteiger partial charge in [0.2, 0.25) is 0 Å². The summed E-state index contributed by atoms with van der Waals surface area (Å²) < 4.78 is 39.5. The highest BCUT2D eigenvalue weighted by molar-refractivity contribution is 7.92.